The number of aryl methyl sites for hydroxylation is 2. The van der Waals surface area contributed by atoms with Crippen molar-refractivity contribution in [3.8, 4) is 0 Å². The number of amides is 1. The second-order valence-corrected chi connectivity index (χ2v) is 7.90. The van der Waals surface area contributed by atoms with E-state index in [-0.39, 0.29) is 12.5 Å². The van der Waals surface area contributed by atoms with E-state index in [1.165, 1.54) is 10.6 Å². The summed E-state index contributed by atoms with van der Waals surface area (Å²) in [5, 5.41) is 0. The number of likely N-dealkylation sites (tertiary alicyclic amines) is 1. The first-order valence-corrected chi connectivity index (χ1v) is 10.1. The monoisotopic (exact) mass is 338 g/mol. The molecule has 0 N–H and O–H groups in total. The van der Waals surface area contributed by atoms with E-state index in [0.717, 1.165) is 49.9 Å². The summed E-state index contributed by atoms with van der Waals surface area (Å²) in [6.45, 7) is 5.35. The molecule has 128 valence electrons. The van der Waals surface area contributed by atoms with Crippen LogP contribution in [-0.2, 0) is 27.7 Å². The Hall–Kier alpha value is -1.56. The molecule has 0 saturated carbocycles. The number of para-hydroxylation sites is 1. The lowest BCUT2D eigenvalue weighted by Gasteiger charge is -2.28. The fraction of sp³-hybridized carbons (Fsp3) is 0.588. The lowest BCUT2D eigenvalue weighted by Crippen LogP contribution is -2.42. The van der Waals surface area contributed by atoms with Crippen LogP contribution in [0.3, 0.4) is 0 Å². The van der Waals surface area contributed by atoms with Crippen LogP contribution in [0.25, 0.3) is 0 Å². The van der Waals surface area contributed by atoms with Crippen molar-refractivity contribution in [3.05, 3.63) is 29.3 Å². The quantitative estimate of drug-likeness (QED) is 0.799. The first kappa shape index (κ1) is 17.8. The molecular weight excluding hydrogens is 312 g/mol. The Bertz CT molecular complexity index is 642. The van der Waals surface area contributed by atoms with Crippen LogP contribution in [0.15, 0.2) is 18.2 Å². The van der Waals surface area contributed by atoms with Gasteiger partial charge < -0.3 is 4.90 Å². The number of sulfonamides is 1. The highest BCUT2D eigenvalue weighted by atomic mass is 32.2. The number of hydrogen-bond donors (Lipinski definition) is 0. The summed E-state index contributed by atoms with van der Waals surface area (Å²) in [6, 6.07) is 5.82. The molecule has 1 aliphatic heterocycles. The number of rotatable bonds is 6. The predicted molar refractivity (Wildman–Crippen MR) is 93.2 cm³/mol. The third-order valence-electron chi connectivity index (χ3n) is 4.35. The van der Waals surface area contributed by atoms with Crippen LogP contribution in [0.1, 0.15) is 37.8 Å². The molecule has 0 atom stereocenters. The maximum absolute atomic E-state index is 12.5. The number of hydrogen-bond acceptors (Lipinski definition) is 3. The SMILES string of the molecule is CCc1cccc(CC)c1N(CC(=O)N1CCCC1)S(C)(=O)=O. The molecule has 6 heteroatoms. The summed E-state index contributed by atoms with van der Waals surface area (Å²) in [5.74, 6) is -0.110. The highest BCUT2D eigenvalue weighted by Gasteiger charge is 2.28. The van der Waals surface area contributed by atoms with Crippen molar-refractivity contribution in [1.82, 2.24) is 4.90 Å². The van der Waals surface area contributed by atoms with Gasteiger partial charge in [0.1, 0.15) is 6.54 Å². The molecular formula is C17H26N2O3S. The minimum absolute atomic E-state index is 0.108. The summed E-state index contributed by atoms with van der Waals surface area (Å²) in [7, 11) is -3.52. The summed E-state index contributed by atoms with van der Waals surface area (Å²) < 4.78 is 26.0. The number of nitrogens with zero attached hydrogens (tertiary/aromatic N) is 2. The standard InChI is InChI=1S/C17H26N2O3S/c1-4-14-9-8-10-15(5-2)17(14)19(23(3,21)22)13-16(20)18-11-6-7-12-18/h8-10H,4-7,11-13H2,1-3H3. The molecule has 0 bridgehead atoms. The van der Waals surface area contributed by atoms with Crippen molar-refractivity contribution in [2.45, 2.75) is 39.5 Å². The van der Waals surface area contributed by atoms with E-state index in [4.69, 9.17) is 0 Å². The molecule has 1 aromatic rings. The maximum Gasteiger partial charge on any atom is 0.243 e. The Morgan fingerprint density at radius 3 is 2.09 bits per heavy atom. The molecule has 0 spiro atoms. The van der Waals surface area contributed by atoms with Gasteiger partial charge in [0, 0.05) is 13.1 Å². The molecule has 1 fully saturated rings. The number of benzene rings is 1. The lowest BCUT2D eigenvalue weighted by molar-refractivity contribution is -0.128. The Kier molecular flexibility index (Phi) is 5.68. The summed E-state index contributed by atoms with van der Waals surface area (Å²) in [6.07, 6.45) is 4.63. The van der Waals surface area contributed by atoms with Gasteiger partial charge in [0.2, 0.25) is 15.9 Å². The predicted octanol–water partition coefficient (Wildman–Crippen LogP) is 2.20. The van der Waals surface area contributed by atoms with E-state index in [1.807, 2.05) is 32.0 Å². The van der Waals surface area contributed by atoms with Crippen LogP contribution in [0, 0.1) is 0 Å². The van der Waals surface area contributed by atoms with Crippen LogP contribution < -0.4 is 4.31 Å². The van der Waals surface area contributed by atoms with Crippen LogP contribution in [0.5, 0.6) is 0 Å². The van der Waals surface area contributed by atoms with Gasteiger partial charge in [-0.25, -0.2) is 8.42 Å². The fourth-order valence-corrected chi connectivity index (χ4v) is 4.00. The van der Waals surface area contributed by atoms with Crippen molar-refractivity contribution in [3.63, 3.8) is 0 Å². The molecule has 23 heavy (non-hydrogen) atoms. The molecule has 1 amide bonds. The van der Waals surface area contributed by atoms with E-state index >= 15 is 0 Å². The zero-order chi connectivity index (χ0) is 17.0. The topological polar surface area (TPSA) is 57.7 Å². The van der Waals surface area contributed by atoms with Gasteiger partial charge in [-0.3, -0.25) is 9.10 Å². The molecule has 0 radical (unpaired) electrons. The molecule has 1 heterocycles. The van der Waals surface area contributed by atoms with Crippen molar-refractivity contribution < 1.29 is 13.2 Å². The fourth-order valence-electron chi connectivity index (χ4n) is 3.09. The molecule has 1 aliphatic rings. The van der Waals surface area contributed by atoms with Gasteiger partial charge in [-0.1, -0.05) is 32.0 Å². The molecule has 5 nitrogen and oxygen atoms in total. The van der Waals surface area contributed by atoms with E-state index in [2.05, 4.69) is 0 Å². The Morgan fingerprint density at radius 2 is 1.65 bits per heavy atom. The average molecular weight is 338 g/mol. The second-order valence-electron chi connectivity index (χ2n) is 5.99. The molecule has 0 unspecified atom stereocenters. The average Bonchev–Trinajstić information content (AvgIpc) is 3.05. The highest BCUT2D eigenvalue weighted by Crippen LogP contribution is 2.29. The van der Waals surface area contributed by atoms with E-state index in [9.17, 15) is 13.2 Å². The zero-order valence-electron chi connectivity index (χ0n) is 14.2. The van der Waals surface area contributed by atoms with Gasteiger partial charge in [-0.15, -0.1) is 0 Å². The molecule has 0 aromatic heterocycles. The Labute approximate surface area is 139 Å². The van der Waals surface area contributed by atoms with Gasteiger partial charge in [0.05, 0.1) is 11.9 Å². The largest absolute Gasteiger partial charge is 0.341 e. The second kappa shape index (κ2) is 7.34. The van der Waals surface area contributed by atoms with Crippen molar-refractivity contribution >= 4 is 21.6 Å². The molecule has 2 rings (SSSR count). The summed E-state index contributed by atoms with van der Waals surface area (Å²) in [5.41, 5.74) is 2.61. The van der Waals surface area contributed by atoms with Gasteiger partial charge >= 0.3 is 0 Å². The number of carbonyl (C=O) groups is 1. The summed E-state index contributed by atoms with van der Waals surface area (Å²) in [4.78, 5) is 14.3. The first-order valence-electron chi connectivity index (χ1n) is 8.24. The normalized spacial score (nSPS) is 15.0. The van der Waals surface area contributed by atoms with E-state index in [0.29, 0.717) is 5.69 Å². The van der Waals surface area contributed by atoms with Crippen LogP contribution in [0.2, 0.25) is 0 Å². The van der Waals surface area contributed by atoms with Crippen LogP contribution in [0.4, 0.5) is 5.69 Å². The maximum atomic E-state index is 12.5. The molecule has 1 aromatic carbocycles. The number of anilines is 1. The molecule has 1 saturated heterocycles. The van der Waals surface area contributed by atoms with E-state index in [1.54, 1.807) is 4.90 Å². The third-order valence-corrected chi connectivity index (χ3v) is 5.46. The Balaban J connectivity index is 2.42. The van der Waals surface area contributed by atoms with E-state index < -0.39 is 10.0 Å². The summed E-state index contributed by atoms with van der Waals surface area (Å²) >= 11 is 0. The minimum atomic E-state index is -3.52. The zero-order valence-corrected chi connectivity index (χ0v) is 15.0. The lowest BCUT2D eigenvalue weighted by atomic mass is 10.0. The highest BCUT2D eigenvalue weighted by molar-refractivity contribution is 7.92. The van der Waals surface area contributed by atoms with Gasteiger partial charge in [0.25, 0.3) is 0 Å². The van der Waals surface area contributed by atoms with Crippen molar-refractivity contribution in [2.75, 3.05) is 30.2 Å². The van der Waals surface area contributed by atoms with Crippen LogP contribution >= 0.6 is 0 Å². The minimum Gasteiger partial charge on any atom is -0.341 e. The van der Waals surface area contributed by atoms with Gasteiger partial charge in [0.15, 0.2) is 0 Å². The third kappa shape index (κ3) is 4.05. The van der Waals surface area contributed by atoms with Crippen LogP contribution in [-0.4, -0.2) is 45.1 Å². The smallest absolute Gasteiger partial charge is 0.243 e. The Morgan fingerprint density at radius 1 is 1.13 bits per heavy atom. The number of carbonyl (C=O) groups excluding carboxylic acids is 1. The molecule has 0 aliphatic carbocycles. The van der Waals surface area contributed by atoms with Crippen molar-refractivity contribution in [1.29, 1.82) is 0 Å². The first-order chi connectivity index (χ1) is 10.9. The van der Waals surface area contributed by atoms with Gasteiger partial charge in [-0.05, 0) is 36.8 Å². The van der Waals surface area contributed by atoms with Crippen molar-refractivity contribution in [2.24, 2.45) is 0 Å². The van der Waals surface area contributed by atoms with Gasteiger partial charge in [-0.2, -0.15) is 0 Å².